The van der Waals surface area contributed by atoms with Crippen LogP contribution < -0.4 is 10.1 Å². The van der Waals surface area contributed by atoms with Gasteiger partial charge in [0.2, 0.25) is 0 Å². The van der Waals surface area contributed by atoms with Gasteiger partial charge in [0.05, 0.1) is 7.11 Å². The average molecular weight is 287 g/mol. The van der Waals surface area contributed by atoms with Crippen molar-refractivity contribution in [3.63, 3.8) is 0 Å². The summed E-state index contributed by atoms with van der Waals surface area (Å²) in [5, 5.41) is 12.2. The predicted octanol–water partition coefficient (Wildman–Crippen LogP) is 2.67. The highest BCUT2D eigenvalue weighted by Gasteiger charge is 2.14. The van der Waals surface area contributed by atoms with Gasteiger partial charge in [-0.25, -0.2) is 14.8 Å². The number of nitrogens with one attached hydrogen (secondary N) is 1. The van der Waals surface area contributed by atoms with Crippen molar-refractivity contribution in [2.24, 2.45) is 0 Å². The molecule has 0 unspecified atom stereocenters. The number of carbonyl (C=O) groups is 1. The lowest BCUT2D eigenvalue weighted by Crippen LogP contribution is -2.10. The Labute approximate surface area is 122 Å². The zero-order valence-corrected chi connectivity index (χ0v) is 12.0. The first kappa shape index (κ1) is 14.8. The highest BCUT2D eigenvalue weighted by molar-refractivity contribution is 5.93. The Bertz CT molecular complexity index is 627. The van der Waals surface area contributed by atoms with Gasteiger partial charge in [0.15, 0.2) is 5.82 Å². The van der Waals surface area contributed by atoms with Crippen LogP contribution in [-0.2, 0) is 0 Å². The van der Waals surface area contributed by atoms with Crippen molar-refractivity contribution in [2.75, 3.05) is 19.0 Å². The molecule has 1 aromatic carbocycles. The molecule has 2 aromatic rings. The maximum Gasteiger partial charge on any atom is 0.341 e. The zero-order chi connectivity index (χ0) is 15.2. The first-order valence-electron chi connectivity index (χ1n) is 6.64. The molecule has 0 spiro atoms. The van der Waals surface area contributed by atoms with Crippen LogP contribution in [0.5, 0.6) is 5.75 Å². The number of methoxy groups -OCH3 is 1. The van der Waals surface area contributed by atoms with Crippen molar-refractivity contribution in [2.45, 2.75) is 13.3 Å². The molecule has 0 fully saturated rings. The molecule has 21 heavy (non-hydrogen) atoms. The SMILES string of the molecule is CCCNc1nc(-c2ccc(OC)cc2)ncc1C(=O)O. The molecule has 2 rings (SSSR count). The summed E-state index contributed by atoms with van der Waals surface area (Å²) in [6, 6.07) is 7.28. The van der Waals surface area contributed by atoms with Crippen LogP contribution in [0.25, 0.3) is 11.4 Å². The molecule has 0 aliphatic carbocycles. The maximum absolute atomic E-state index is 11.2. The van der Waals surface area contributed by atoms with Gasteiger partial charge in [0, 0.05) is 18.3 Å². The number of hydrogen-bond acceptors (Lipinski definition) is 5. The van der Waals surface area contributed by atoms with Crippen molar-refractivity contribution < 1.29 is 14.6 Å². The molecule has 6 nitrogen and oxygen atoms in total. The molecular formula is C15H17N3O3. The van der Waals surface area contributed by atoms with Gasteiger partial charge in [-0.3, -0.25) is 0 Å². The standard InChI is InChI=1S/C15H17N3O3/c1-3-8-16-14-12(15(19)20)9-17-13(18-14)10-4-6-11(21-2)7-5-10/h4-7,9H,3,8H2,1-2H3,(H,19,20)(H,16,17,18). The normalized spacial score (nSPS) is 10.2. The quantitative estimate of drug-likeness (QED) is 0.849. The highest BCUT2D eigenvalue weighted by Crippen LogP contribution is 2.22. The van der Waals surface area contributed by atoms with Gasteiger partial charge in [0.25, 0.3) is 0 Å². The Morgan fingerprint density at radius 3 is 2.62 bits per heavy atom. The number of aromatic carboxylic acids is 1. The third-order valence-corrected chi connectivity index (χ3v) is 2.91. The Kier molecular flexibility index (Phi) is 4.71. The lowest BCUT2D eigenvalue weighted by molar-refractivity contribution is 0.0697. The van der Waals surface area contributed by atoms with Crippen LogP contribution >= 0.6 is 0 Å². The summed E-state index contributed by atoms with van der Waals surface area (Å²) in [6.07, 6.45) is 2.20. The molecule has 0 radical (unpaired) electrons. The summed E-state index contributed by atoms with van der Waals surface area (Å²) in [5.41, 5.74) is 0.869. The molecular weight excluding hydrogens is 270 g/mol. The summed E-state index contributed by atoms with van der Waals surface area (Å²) < 4.78 is 5.10. The summed E-state index contributed by atoms with van der Waals surface area (Å²) in [7, 11) is 1.60. The van der Waals surface area contributed by atoms with Crippen LogP contribution in [-0.4, -0.2) is 34.7 Å². The van der Waals surface area contributed by atoms with E-state index >= 15 is 0 Å². The fourth-order valence-corrected chi connectivity index (χ4v) is 1.80. The van der Waals surface area contributed by atoms with Crippen LogP contribution in [0.1, 0.15) is 23.7 Å². The number of carboxylic acids is 1. The summed E-state index contributed by atoms with van der Waals surface area (Å²) in [6.45, 7) is 2.65. The van der Waals surface area contributed by atoms with Crippen molar-refractivity contribution in [3.05, 3.63) is 36.0 Å². The van der Waals surface area contributed by atoms with E-state index in [4.69, 9.17) is 9.84 Å². The van der Waals surface area contributed by atoms with E-state index in [2.05, 4.69) is 15.3 Å². The van der Waals surface area contributed by atoms with Crippen LogP contribution in [0.4, 0.5) is 5.82 Å². The number of benzene rings is 1. The van der Waals surface area contributed by atoms with Crippen molar-refractivity contribution >= 4 is 11.8 Å². The number of anilines is 1. The molecule has 0 saturated carbocycles. The minimum Gasteiger partial charge on any atom is -0.497 e. The molecule has 0 atom stereocenters. The smallest absolute Gasteiger partial charge is 0.341 e. The molecule has 0 amide bonds. The van der Waals surface area contributed by atoms with Crippen LogP contribution in [0.3, 0.4) is 0 Å². The van der Waals surface area contributed by atoms with Gasteiger partial charge in [0.1, 0.15) is 17.1 Å². The van der Waals surface area contributed by atoms with Gasteiger partial charge >= 0.3 is 5.97 Å². The molecule has 1 aromatic heterocycles. The summed E-state index contributed by atoms with van der Waals surface area (Å²) in [4.78, 5) is 19.6. The molecule has 0 saturated heterocycles. The molecule has 0 aliphatic heterocycles. The Balaban J connectivity index is 2.37. The van der Waals surface area contributed by atoms with Crippen LogP contribution in [0.15, 0.2) is 30.5 Å². The van der Waals surface area contributed by atoms with E-state index < -0.39 is 5.97 Å². The van der Waals surface area contributed by atoms with Crippen molar-refractivity contribution in [1.29, 1.82) is 0 Å². The third-order valence-electron chi connectivity index (χ3n) is 2.91. The van der Waals surface area contributed by atoms with E-state index in [1.807, 2.05) is 31.2 Å². The lowest BCUT2D eigenvalue weighted by Gasteiger charge is -2.09. The topological polar surface area (TPSA) is 84.3 Å². The van der Waals surface area contributed by atoms with E-state index in [-0.39, 0.29) is 5.56 Å². The van der Waals surface area contributed by atoms with E-state index in [1.165, 1.54) is 6.20 Å². The van der Waals surface area contributed by atoms with E-state index in [1.54, 1.807) is 7.11 Å². The maximum atomic E-state index is 11.2. The fourth-order valence-electron chi connectivity index (χ4n) is 1.80. The zero-order valence-electron chi connectivity index (χ0n) is 12.0. The minimum atomic E-state index is -1.05. The number of rotatable bonds is 6. The number of ether oxygens (including phenoxy) is 1. The third kappa shape index (κ3) is 3.47. The largest absolute Gasteiger partial charge is 0.497 e. The van der Waals surface area contributed by atoms with Gasteiger partial charge in [-0.1, -0.05) is 6.92 Å². The Morgan fingerprint density at radius 2 is 2.05 bits per heavy atom. The first-order valence-corrected chi connectivity index (χ1v) is 6.64. The number of aromatic nitrogens is 2. The molecule has 0 bridgehead atoms. The fraction of sp³-hybridized carbons (Fsp3) is 0.267. The van der Waals surface area contributed by atoms with Gasteiger partial charge in [-0.2, -0.15) is 0 Å². The van der Waals surface area contributed by atoms with Gasteiger partial charge in [-0.05, 0) is 30.7 Å². The minimum absolute atomic E-state index is 0.0701. The van der Waals surface area contributed by atoms with E-state index in [0.717, 1.165) is 17.7 Å². The Morgan fingerprint density at radius 1 is 1.33 bits per heavy atom. The molecule has 2 N–H and O–H groups in total. The van der Waals surface area contributed by atoms with Gasteiger partial charge < -0.3 is 15.2 Å². The van der Waals surface area contributed by atoms with E-state index in [9.17, 15) is 4.79 Å². The number of carboxylic acid groups (broad SMARTS) is 1. The second kappa shape index (κ2) is 6.69. The second-order valence-electron chi connectivity index (χ2n) is 4.42. The van der Waals surface area contributed by atoms with Crippen molar-refractivity contribution in [3.8, 4) is 17.1 Å². The van der Waals surface area contributed by atoms with E-state index in [0.29, 0.717) is 18.2 Å². The highest BCUT2D eigenvalue weighted by atomic mass is 16.5. The molecule has 6 heteroatoms. The molecule has 1 heterocycles. The second-order valence-corrected chi connectivity index (χ2v) is 4.42. The summed E-state index contributed by atoms with van der Waals surface area (Å²) in [5.74, 6) is 0.506. The Hall–Kier alpha value is -2.63. The monoisotopic (exact) mass is 287 g/mol. The molecule has 0 aliphatic rings. The van der Waals surface area contributed by atoms with Crippen LogP contribution in [0, 0.1) is 0 Å². The van der Waals surface area contributed by atoms with Crippen molar-refractivity contribution in [1.82, 2.24) is 9.97 Å². The summed E-state index contributed by atoms with van der Waals surface area (Å²) >= 11 is 0. The van der Waals surface area contributed by atoms with Crippen LogP contribution in [0.2, 0.25) is 0 Å². The number of nitrogens with zero attached hydrogens (tertiary/aromatic N) is 2. The van der Waals surface area contributed by atoms with Gasteiger partial charge in [-0.15, -0.1) is 0 Å². The lowest BCUT2D eigenvalue weighted by atomic mass is 10.2. The molecule has 110 valence electrons. The average Bonchev–Trinajstić information content (AvgIpc) is 2.52. The predicted molar refractivity (Wildman–Crippen MR) is 79.8 cm³/mol. The number of hydrogen-bond donors (Lipinski definition) is 2. The first-order chi connectivity index (χ1) is 10.2.